The van der Waals surface area contributed by atoms with Gasteiger partial charge in [0.15, 0.2) is 0 Å². The van der Waals surface area contributed by atoms with Crippen LogP contribution in [0.25, 0.3) is 0 Å². The van der Waals surface area contributed by atoms with Crippen molar-refractivity contribution in [2.24, 2.45) is 0 Å². The van der Waals surface area contributed by atoms with E-state index < -0.39 is 0 Å². The number of benzene rings is 1. The fraction of sp³-hybridized carbons (Fsp3) is 0.462. The number of carbonyl (C=O) groups excluding carboxylic acids is 1. The predicted octanol–water partition coefficient (Wildman–Crippen LogP) is 3.78. The van der Waals surface area contributed by atoms with Crippen LogP contribution in [-0.4, -0.2) is 11.3 Å². The molecule has 0 aliphatic rings. The second-order valence-electron chi connectivity index (χ2n) is 3.73. The van der Waals surface area contributed by atoms with Crippen molar-refractivity contribution in [3.05, 3.63) is 30.3 Å². The van der Waals surface area contributed by atoms with Crippen molar-refractivity contribution in [2.75, 3.05) is 0 Å². The summed E-state index contributed by atoms with van der Waals surface area (Å²) in [5.74, 6) is 0.314. The number of halogens is 1. The maximum Gasteiger partial charge on any atom is 0.312 e. The first-order valence-corrected chi connectivity index (χ1v) is 6.05. The average Bonchev–Trinajstić information content (AvgIpc) is 2.27. The van der Waals surface area contributed by atoms with E-state index >= 15 is 0 Å². The van der Waals surface area contributed by atoms with Gasteiger partial charge in [0.2, 0.25) is 0 Å². The van der Waals surface area contributed by atoms with Gasteiger partial charge < -0.3 is 4.74 Å². The van der Waals surface area contributed by atoms with Gasteiger partial charge in [0.25, 0.3) is 0 Å². The molecule has 0 saturated carbocycles. The summed E-state index contributed by atoms with van der Waals surface area (Å²) in [7, 11) is 0. The molecule has 0 N–H and O–H groups in total. The maximum absolute atomic E-state index is 11.5. The summed E-state index contributed by atoms with van der Waals surface area (Å²) < 4.78 is 5.14. The standard InChI is InChI=1S/C13H17ClO2/c1-2-3-7-11(14)10-13(15)16-12-8-5-4-6-9-12/h4-6,8-9,11H,2-3,7,10H2,1H3. The number of carbonyl (C=O) groups is 1. The van der Waals surface area contributed by atoms with Gasteiger partial charge in [-0.25, -0.2) is 0 Å². The molecule has 1 aromatic carbocycles. The van der Waals surface area contributed by atoms with E-state index in [0.717, 1.165) is 19.3 Å². The summed E-state index contributed by atoms with van der Waals surface area (Å²) in [6, 6.07) is 9.05. The lowest BCUT2D eigenvalue weighted by Gasteiger charge is -2.08. The van der Waals surface area contributed by atoms with Gasteiger partial charge >= 0.3 is 5.97 Å². The van der Waals surface area contributed by atoms with Crippen LogP contribution in [-0.2, 0) is 4.79 Å². The fourth-order valence-electron chi connectivity index (χ4n) is 1.37. The number of ether oxygens (including phenoxy) is 1. The molecule has 88 valence electrons. The number of hydrogen-bond acceptors (Lipinski definition) is 2. The molecule has 0 aliphatic carbocycles. The molecule has 0 bridgehead atoms. The molecule has 0 fully saturated rings. The zero-order valence-electron chi connectivity index (χ0n) is 9.49. The van der Waals surface area contributed by atoms with Crippen molar-refractivity contribution in [3.63, 3.8) is 0 Å². The summed E-state index contributed by atoms with van der Waals surface area (Å²) in [4.78, 5) is 11.5. The smallest absolute Gasteiger partial charge is 0.312 e. The van der Waals surface area contributed by atoms with Crippen LogP contribution in [0.2, 0.25) is 0 Å². The maximum atomic E-state index is 11.5. The van der Waals surface area contributed by atoms with Crippen LogP contribution in [0.15, 0.2) is 30.3 Å². The molecule has 16 heavy (non-hydrogen) atoms. The minimum atomic E-state index is -0.262. The van der Waals surface area contributed by atoms with Crippen LogP contribution in [0, 0.1) is 0 Å². The summed E-state index contributed by atoms with van der Waals surface area (Å²) in [6.45, 7) is 2.10. The second-order valence-corrected chi connectivity index (χ2v) is 4.35. The lowest BCUT2D eigenvalue weighted by atomic mass is 10.1. The third kappa shape index (κ3) is 5.17. The van der Waals surface area contributed by atoms with E-state index in [4.69, 9.17) is 16.3 Å². The second kappa shape index (κ2) is 7.29. The Morgan fingerprint density at radius 2 is 2.06 bits per heavy atom. The van der Waals surface area contributed by atoms with Crippen molar-refractivity contribution >= 4 is 17.6 Å². The Balaban J connectivity index is 2.31. The molecule has 0 heterocycles. The highest BCUT2D eigenvalue weighted by Gasteiger charge is 2.12. The summed E-state index contributed by atoms with van der Waals surface area (Å²) in [6.07, 6.45) is 3.28. The highest BCUT2D eigenvalue weighted by Crippen LogP contribution is 2.14. The molecular weight excluding hydrogens is 224 g/mol. The molecule has 0 spiro atoms. The zero-order chi connectivity index (χ0) is 11.8. The Labute approximate surface area is 102 Å². The fourth-order valence-corrected chi connectivity index (χ4v) is 1.65. The number of unbranched alkanes of at least 4 members (excludes halogenated alkanes) is 1. The topological polar surface area (TPSA) is 26.3 Å². The zero-order valence-corrected chi connectivity index (χ0v) is 10.2. The Hall–Kier alpha value is -1.02. The van der Waals surface area contributed by atoms with Gasteiger partial charge in [0.05, 0.1) is 6.42 Å². The van der Waals surface area contributed by atoms with Crippen LogP contribution < -0.4 is 4.74 Å². The Morgan fingerprint density at radius 3 is 2.69 bits per heavy atom. The van der Waals surface area contributed by atoms with Gasteiger partial charge in [-0.3, -0.25) is 4.79 Å². The number of hydrogen-bond donors (Lipinski definition) is 0. The Morgan fingerprint density at radius 1 is 1.38 bits per heavy atom. The molecule has 2 nitrogen and oxygen atoms in total. The van der Waals surface area contributed by atoms with E-state index in [0.29, 0.717) is 5.75 Å². The molecule has 0 amide bonds. The molecule has 1 atom stereocenters. The normalized spacial score (nSPS) is 12.1. The monoisotopic (exact) mass is 240 g/mol. The molecule has 3 heteroatoms. The van der Waals surface area contributed by atoms with E-state index in [1.54, 1.807) is 12.1 Å². The number of alkyl halides is 1. The highest BCUT2D eigenvalue weighted by molar-refractivity contribution is 6.21. The van der Waals surface area contributed by atoms with Crippen LogP contribution >= 0.6 is 11.6 Å². The first-order valence-electron chi connectivity index (χ1n) is 5.62. The van der Waals surface area contributed by atoms with E-state index in [1.165, 1.54) is 0 Å². The van der Waals surface area contributed by atoms with Crippen molar-refractivity contribution < 1.29 is 9.53 Å². The van der Waals surface area contributed by atoms with Gasteiger partial charge in [0, 0.05) is 5.38 Å². The largest absolute Gasteiger partial charge is 0.426 e. The molecule has 0 aliphatic heterocycles. The van der Waals surface area contributed by atoms with E-state index in [-0.39, 0.29) is 17.8 Å². The summed E-state index contributed by atoms with van der Waals surface area (Å²) in [5, 5.41) is -0.115. The van der Waals surface area contributed by atoms with Gasteiger partial charge in [-0.1, -0.05) is 38.0 Å². The lowest BCUT2D eigenvalue weighted by Crippen LogP contribution is -2.14. The van der Waals surface area contributed by atoms with Crippen molar-refractivity contribution in [2.45, 2.75) is 38.0 Å². The first kappa shape index (κ1) is 13.0. The average molecular weight is 241 g/mol. The molecule has 0 aromatic heterocycles. The van der Waals surface area contributed by atoms with Gasteiger partial charge in [0.1, 0.15) is 5.75 Å². The van der Waals surface area contributed by atoms with Gasteiger partial charge in [-0.05, 0) is 18.6 Å². The number of para-hydroxylation sites is 1. The summed E-state index contributed by atoms with van der Waals surface area (Å²) >= 11 is 6.02. The molecule has 0 saturated heterocycles. The van der Waals surface area contributed by atoms with Gasteiger partial charge in [-0.2, -0.15) is 0 Å². The summed E-state index contributed by atoms with van der Waals surface area (Å²) in [5.41, 5.74) is 0. The number of rotatable bonds is 6. The highest BCUT2D eigenvalue weighted by atomic mass is 35.5. The van der Waals surface area contributed by atoms with Crippen molar-refractivity contribution in [1.82, 2.24) is 0 Å². The quantitative estimate of drug-likeness (QED) is 0.430. The van der Waals surface area contributed by atoms with Crippen LogP contribution in [0.4, 0.5) is 0 Å². The van der Waals surface area contributed by atoms with Crippen LogP contribution in [0.5, 0.6) is 5.75 Å². The van der Waals surface area contributed by atoms with E-state index in [1.807, 2.05) is 18.2 Å². The third-order valence-corrected chi connectivity index (χ3v) is 2.61. The van der Waals surface area contributed by atoms with Crippen molar-refractivity contribution in [1.29, 1.82) is 0 Å². The predicted molar refractivity (Wildman–Crippen MR) is 65.9 cm³/mol. The Bertz CT molecular complexity index is 311. The number of esters is 1. The minimum absolute atomic E-state index is 0.115. The van der Waals surface area contributed by atoms with E-state index in [2.05, 4.69) is 6.92 Å². The van der Waals surface area contributed by atoms with Crippen molar-refractivity contribution in [3.8, 4) is 5.75 Å². The minimum Gasteiger partial charge on any atom is -0.426 e. The molecule has 1 unspecified atom stereocenters. The van der Waals surface area contributed by atoms with E-state index in [9.17, 15) is 4.79 Å². The van der Waals surface area contributed by atoms with Gasteiger partial charge in [-0.15, -0.1) is 11.6 Å². The first-order chi connectivity index (χ1) is 7.72. The molecule has 0 radical (unpaired) electrons. The lowest BCUT2D eigenvalue weighted by molar-refractivity contribution is -0.134. The Kier molecular flexibility index (Phi) is 5.94. The SMILES string of the molecule is CCCCC(Cl)CC(=O)Oc1ccccc1. The van der Waals surface area contributed by atoms with Crippen LogP contribution in [0.3, 0.4) is 0 Å². The van der Waals surface area contributed by atoms with Crippen LogP contribution in [0.1, 0.15) is 32.6 Å². The molecular formula is C13H17ClO2. The molecule has 1 aromatic rings. The third-order valence-electron chi connectivity index (χ3n) is 2.23. The molecule has 1 rings (SSSR count).